The van der Waals surface area contributed by atoms with Gasteiger partial charge in [0.25, 0.3) is 5.91 Å². The average Bonchev–Trinajstić information content (AvgIpc) is 2.77. The van der Waals surface area contributed by atoms with E-state index in [9.17, 15) is 9.59 Å². The maximum atomic E-state index is 12.2. The minimum absolute atomic E-state index is 0.150. The number of ether oxygens (including phenoxy) is 2. The molecular formula is C21H23ClN4O4. The van der Waals surface area contributed by atoms with Crippen LogP contribution in [0.3, 0.4) is 0 Å². The van der Waals surface area contributed by atoms with Crippen LogP contribution in [0, 0.1) is 0 Å². The van der Waals surface area contributed by atoms with Crippen molar-refractivity contribution >= 4 is 23.4 Å². The third-order valence-corrected chi connectivity index (χ3v) is 5.18. The summed E-state index contributed by atoms with van der Waals surface area (Å²) in [6.45, 7) is 6.36. The van der Waals surface area contributed by atoms with E-state index in [0.717, 1.165) is 5.56 Å². The number of pyridine rings is 2. The Morgan fingerprint density at radius 3 is 2.80 bits per heavy atom. The second kappa shape index (κ2) is 9.23. The number of carbonyl (C=O) groups is 2. The van der Waals surface area contributed by atoms with Crippen LogP contribution in [0.25, 0.3) is 11.4 Å². The number of morpholine rings is 1. The minimum Gasteiger partial charge on any atom is -0.494 e. The van der Waals surface area contributed by atoms with Gasteiger partial charge in [0.15, 0.2) is 0 Å². The molecule has 1 fully saturated rings. The molecule has 1 N–H and O–H groups in total. The van der Waals surface area contributed by atoms with Crippen molar-refractivity contribution in [2.45, 2.75) is 19.1 Å². The van der Waals surface area contributed by atoms with E-state index in [2.05, 4.69) is 21.9 Å². The molecule has 0 aliphatic carbocycles. The maximum absolute atomic E-state index is 12.2. The van der Waals surface area contributed by atoms with Crippen molar-refractivity contribution in [3.63, 3.8) is 0 Å². The normalized spacial score (nSPS) is 18.6. The molecule has 3 rings (SSSR count). The molecule has 0 radical (unpaired) electrons. The summed E-state index contributed by atoms with van der Waals surface area (Å²) in [5.74, 6) is -0.105. The molecule has 2 amide bonds. The lowest BCUT2D eigenvalue weighted by molar-refractivity contribution is -0.140. The summed E-state index contributed by atoms with van der Waals surface area (Å²) in [5.41, 5.74) is 2.03. The Morgan fingerprint density at radius 2 is 2.13 bits per heavy atom. The number of amides is 2. The molecule has 158 valence electrons. The van der Waals surface area contributed by atoms with E-state index < -0.39 is 6.10 Å². The smallest absolute Gasteiger partial charge is 0.254 e. The van der Waals surface area contributed by atoms with Crippen LogP contribution in [0.4, 0.5) is 0 Å². The minimum atomic E-state index is -0.390. The predicted octanol–water partition coefficient (Wildman–Crippen LogP) is 2.64. The number of nitrogens with one attached hydrogen (secondary N) is 1. The monoisotopic (exact) mass is 430 g/mol. The van der Waals surface area contributed by atoms with E-state index in [4.69, 9.17) is 21.1 Å². The first-order valence-corrected chi connectivity index (χ1v) is 9.76. The van der Waals surface area contributed by atoms with Crippen LogP contribution < -0.4 is 10.1 Å². The van der Waals surface area contributed by atoms with Crippen molar-refractivity contribution in [1.29, 1.82) is 0 Å². The maximum Gasteiger partial charge on any atom is 0.254 e. The number of methoxy groups -OCH3 is 1. The van der Waals surface area contributed by atoms with Gasteiger partial charge in [-0.25, -0.2) is 4.98 Å². The van der Waals surface area contributed by atoms with Crippen molar-refractivity contribution in [3.8, 4) is 17.1 Å². The molecule has 9 heteroatoms. The highest BCUT2D eigenvalue weighted by Gasteiger charge is 2.32. The lowest BCUT2D eigenvalue weighted by Crippen LogP contribution is -2.48. The topological polar surface area (TPSA) is 93.7 Å². The third-order valence-electron chi connectivity index (χ3n) is 4.98. The average molecular weight is 431 g/mol. The molecule has 8 nitrogen and oxygen atoms in total. The highest BCUT2D eigenvalue weighted by Crippen LogP contribution is 2.32. The Kier molecular flexibility index (Phi) is 6.69. The molecule has 2 aromatic heterocycles. The summed E-state index contributed by atoms with van der Waals surface area (Å²) in [7, 11) is 3.01. The molecule has 1 aliphatic rings. The van der Waals surface area contributed by atoms with Crippen molar-refractivity contribution in [2.24, 2.45) is 0 Å². The molecule has 1 saturated heterocycles. The lowest BCUT2D eigenvalue weighted by atomic mass is 9.99. The summed E-state index contributed by atoms with van der Waals surface area (Å²) >= 11 is 6.29. The Labute approximate surface area is 179 Å². The fourth-order valence-corrected chi connectivity index (χ4v) is 3.67. The molecule has 0 aromatic carbocycles. The van der Waals surface area contributed by atoms with E-state index in [1.807, 2.05) is 6.92 Å². The Balaban J connectivity index is 2.01. The fourth-order valence-electron chi connectivity index (χ4n) is 3.46. The van der Waals surface area contributed by atoms with Crippen LogP contribution in [0.15, 0.2) is 37.1 Å². The quantitative estimate of drug-likeness (QED) is 0.579. The van der Waals surface area contributed by atoms with Crippen LogP contribution in [-0.2, 0) is 9.53 Å². The van der Waals surface area contributed by atoms with Crippen LogP contribution >= 0.6 is 11.6 Å². The molecule has 0 unspecified atom stereocenters. The van der Waals surface area contributed by atoms with Gasteiger partial charge >= 0.3 is 0 Å². The molecule has 2 aromatic rings. The molecule has 1 aliphatic heterocycles. The molecule has 3 heterocycles. The zero-order chi connectivity index (χ0) is 21.8. The van der Waals surface area contributed by atoms with Gasteiger partial charge in [-0.2, -0.15) is 0 Å². The van der Waals surface area contributed by atoms with E-state index in [-0.39, 0.29) is 23.0 Å². The van der Waals surface area contributed by atoms with Gasteiger partial charge in [-0.1, -0.05) is 18.2 Å². The van der Waals surface area contributed by atoms with Gasteiger partial charge in [-0.3, -0.25) is 14.6 Å². The van der Waals surface area contributed by atoms with Gasteiger partial charge in [0.2, 0.25) is 5.91 Å². The highest BCUT2D eigenvalue weighted by atomic mass is 35.5. The first kappa shape index (κ1) is 21.7. The van der Waals surface area contributed by atoms with Crippen molar-refractivity contribution in [1.82, 2.24) is 20.2 Å². The Bertz CT molecular complexity index is 981. The van der Waals surface area contributed by atoms with Crippen molar-refractivity contribution in [3.05, 3.63) is 53.3 Å². The number of nitrogens with zero attached hydrogens (tertiary/aromatic N) is 3. The first-order valence-electron chi connectivity index (χ1n) is 9.38. The SMILES string of the molecule is C=CC(=O)N1CCO[C@H](c2cc(Cl)nc(-c3cc(C(=O)NC)c(OC)cn3)c2)[C@H]1C. The largest absolute Gasteiger partial charge is 0.494 e. The van der Waals surface area contributed by atoms with Crippen LogP contribution in [0.1, 0.15) is 28.9 Å². The lowest BCUT2D eigenvalue weighted by Gasteiger charge is -2.39. The summed E-state index contributed by atoms with van der Waals surface area (Å²) in [5, 5.41) is 2.83. The van der Waals surface area contributed by atoms with E-state index in [0.29, 0.717) is 35.9 Å². The summed E-state index contributed by atoms with van der Waals surface area (Å²) in [4.78, 5) is 34.8. The number of halogens is 1. The molecule has 0 spiro atoms. The summed E-state index contributed by atoms with van der Waals surface area (Å²) < 4.78 is 11.2. The molecular weight excluding hydrogens is 408 g/mol. The molecule has 0 bridgehead atoms. The van der Waals surface area contributed by atoms with Crippen LogP contribution in [0.5, 0.6) is 5.75 Å². The van der Waals surface area contributed by atoms with Crippen molar-refractivity contribution in [2.75, 3.05) is 27.3 Å². The number of hydrogen-bond donors (Lipinski definition) is 1. The standard InChI is InChI=1S/C21H23ClN4O4/c1-5-19(27)26-6-7-30-20(12(26)2)13-8-16(25-18(22)9-13)15-10-14(21(28)23-3)17(29-4)11-24-15/h5,8-12,20H,1,6-7H2,2-4H3,(H,23,28)/t12-,20+/m1/s1. The zero-order valence-corrected chi connectivity index (χ0v) is 17.8. The Hall–Kier alpha value is -2.97. The van der Waals surface area contributed by atoms with Gasteiger partial charge < -0.3 is 19.7 Å². The third kappa shape index (κ3) is 4.29. The van der Waals surface area contributed by atoms with Gasteiger partial charge in [-0.15, -0.1) is 0 Å². The number of carbonyl (C=O) groups excluding carboxylic acids is 2. The summed E-state index contributed by atoms with van der Waals surface area (Å²) in [6, 6.07) is 4.88. The summed E-state index contributed by atoms with van der Waals surface area (Å²) in [6.07, 6.45) is 2.37. The van der Waals surface area contributed by atoms with E-state index in [1.165, 1.54) is 26.4 Å². The van der Waals surface area contributed by atoms with Gasteiger partial charge in [0.1, 0.15) is 17.0 Å². The number of rotatable bonds is 5. The van der Waals surface area contributed by atoms with E-state index >= 15 is 0 Å². The van der Waals surface area contributed by atoms with E-state index in [1.54, 1.807) is 23.1 Å². The molecule has 2 atom stereocenters. The number of hydrogen-bond acceptors (Lipinski definition) is 6. The van der Waals surface area contributed by atoms with Crippen LogP contribution in [-0.4, -0.2) is 60.0 Å². The van der Waals surface area contributed by atoms with Gasteiger partial charge in [0.05, 0.1) is 42.9 Å². The zero-order valence-electron chi connectivity index (χ0n) is 17.0. The molecule has 0 saturated carbocycles. The van der Waals surface area contributed by atoms with Gasteiger partial charge in [0, 0.05) is 13.6 Å². The highest BCUT2D eigenvalue weighted by molar-refractivity contribution is 6.29. The second-order valence-electron chi connectivity index (χ2n) is 6.73. The molecule has 30 heavy (non-hydrogen) atoms. The van der Waals surface area contributed by atoms with Crippen molar-refractivity contribution < 1.29 is 19.1 Å². The predicted molar refractivity (Wildman–Crippen MR) is 112 cm³/mol. The Morgan fingerprint density at radius 1 is 1.37 bits per heavy atom. The number of aromatic nitrogens is 2. The fraction of sp³-hybridized carbons (Fsp3) is 0.333. The first-order chi connectivity index (χ1) is 14.4. The second-order valence-corrected chi connectivity index (χ2v) is 7.11. The van der Waals surface area contributed by atoms with Crippen LogP contribution in [0.2, 0.25) is 5.15 Å². The van der Waals surface area contributed by atoms with Gasteiger partial charge in [-0.05, 0) is 36.8 Å².